The number of carbonyl (C=O) groups is 2. The third kappa shape index (κ3) is 310. The molecule has 0 saturated carbocycles. The zero-order valence-electron chi connectivity index (χ0n) is 8.01. The van der Waals surface area contributed by atoms with Crippen LogP contribution in [0, 0.1) is 0 Å². The largest absolute Gasteiger partial charge is 1.00 e. The van der Waals surface area contributed by atoms with Crippen LogP contribution in [0.4, 0.5) is 0 Å². The van der Waals surface area contributed by atoms with Crippen molar-refractivity contribution in [3.63, 3.8) is 0 Å². The van der Waals surface area contributed by atoms with E-state index in [0.717, 1.165) is 13.8 Å². The van der Waals surface area contributed by atoms with E-state index in [1.165, 1.54) is 0 Å². The van der Waals surface area contributed by atoms with Crippen molar-refractivity contribution >= 4 is 11.9 Å². The number of carboxylic acid groups (broad SMARTS) is 2. The molecule has 0 fully saturated rings. The SMILES string of the molecule is CC(=O)[O-].CC(=O)[O-].[Cl-].[Na+].[Na+].[Na+]. The van der Waals surface area contributed by atoms with Gasteiger partial charge in [-0.15, -0.1) is 0 Å². The molecule has 0 aliphatic carbocycles. The third-order valence-corrected chi connectivity index (χ3v) is 0. The molecule has 0 aromatic heterocycles. The Hall–Kier alpha value is 2.23. The molecule has 0 rings (SSSR count). The molecule has 0 N–H and O–H groups in total. The van der Waals surface area contributed by atoms with Crippen LogP contribution in [-0.2, 0) is 9.59 Å². The van der Waals surface area contributed by atoms with Crippen LogP contribution in [0.5, 0.6) is 0 Å². The van der Waals surface area contributed by atoms with Crippen LogP contribution in [0.3, 0.4) is 0 Å². The summed E-state index contributed by atoms with van der Waals surface area (Å²) < 4.78 is 0. The molecule has 12 heavy (non-hydrogen) atoms. The fourth-order valence-corrected chi connectivity index (χ4v) is 0. The predicted molar refractivity (Wildman–Crippen MR) is 21.4 cm³/mol. The van der Waals surface area contributed by atoms with Gasteiger partial charge < -0.3 is 32.2 Å². The molecule has 0 heterocycles. The van der Waals surface area contributed by atoms with Gasteiger partial charge in [0.25, 0.3) is 0 Å². The molecule has 0 aliphatic rings. The monoisotopic (exact) mass is 222 g/mol. The minimum absolute atomic E-state index is 0. The molecule has 0 atom stereocenters. The van der Waals surface area contributed by atoms with E-state index < -0.39 is 11.9 Å². The maximum atomic E-state index is 8.89. The predicted octanol–water partition coefficient (Wildman–Crippen LogP) is -14.5. The van der Waals surface area contributed by atoms with Gasteiger partial charge in [0.1, 0.15) is 0 Å². The van der Waals surface area contributed by atoms with Crippen LogP contribution in [0.2, 0.25) is 0 Å². The van der Waals surface area contributed by atoms with Crippen LogP contribution in [-0.4, -0.2) is 11.9 Å². The summed E-state index contributed by atoms with van der Waals surface area (Å²) in [5.74, 6) is -2.17. The van der Waals surface area contributed by atoms with Crippen molar-refractivity contribution in [1.29, 1.82) is 0 Å². The van der Waals surface area contributed by atoms with Crippen molar-refractivity contribution in [1.82, 2.24) is 0 Å². The van der Waals surface area contributed by atoms with Crippen LogP contribution in [0.1, 0.15) is 13.8 Å². The Bertz CT molecular complexity index is 80.3. The minimum Gasteiger partial charge on any atom is -1.00 e. The molecule has 0 saturated heterocycles. The summed E-state index contributed by atoms with van der Waals surface area (Å²) >= 11 is 0. The van der Waals surface area contributed by atoms with Crippen molar-refractivity contribution in [3.05, 3.63) is 0 Å². The zero-order valence-corrected chi connectivity index (χ0v) is 14.8. The number of hydrogen-bond donors (Lipinski definition) is 0. The van der Waals surface area contributed by atoms with Crippen molar-refractivity contribution < 1.29 is 121 Å². The van der Waals surface area contributed by atoms with Crippen molar-refractivity contribution in [2.45, 2.75) is 13.8 Å². The van der Waals surface area contributed by atoms with E-state index in [0.29, 0.717) is 0 Å². The molecule has 0 bridgehead atoms. The quantitative estimate of drug-likeness (QED) is 0.381. The maximum Gasteiger partial charge on any atom is 1.00 e. The summed E-state index contributed by atoms with van der Waals surface area (Å²) in [6.45, 7) is 1.94. The van der Waals surface area contributed by atoms with Crippen LogP contribution >= 0.6 is 0 Å². The normalized spacial score (nSPS) is 4.17. The Morgan fingerprint density at radius 1 is 0.833 bits per heavy atom. The Morgan fingerprint density at radius 2 is 0.833 bits per heavy atom. The number of rotatable bonds is 0. The standard InChI is InChI=1S/2C2H4O2.ClH.3Na/c2*1-2(3)4;;;;/h2*1H3,(H,3,4);1H;;;/q;;;3*+1/p-3. The summed E-state index contributed by atoms with van der Waals surface area (Å²) in [6, 6.07) is 0. The van der Waals surface area contributed by atoms with Gasteiger partial charge in [-0.25, -0.2) is 0 Å². The second-order valence-electron chi connectivity index (χ2n) is 0.983. The fourth-order valence-electron chi connectivity index (χ4n) is 0. The Morgan fingerprint density at radius 3 is 0.833 bits per heavy atom. The van der Waals surface area contributed by atoms with E-state index in [9.17, 15) is 0 Å². The summed E-state index contributed by atoms with van der Waals surface area (Å²) in [4.78, 5) is 17.8. The molecule has 0 spiro atoms. The molecular weight excluding hydrogens is 216 g/mol. The second kappa shape index (κ2) is 29.2. The van der Waals surface area contributed by atoms with Crippen LogP contribution in [0.25, 0.3) is 0 Å². The van der Waals surface area contributed by atoms with Gasteiger partial charge in [-0.2, -0.15) is 0 Å². The summed E-state index contributed by atoms with van der Waals surface area (Å²) in [6.07, 6.45) is 0. The third-order valence-electron chi connectivity index (χ3n) is 0. The topological polar surface area (TPSA) is 80.3 Å². The van der Waals surface area contributed by atoms with Crippen molar-refractivity contribution in [3.8, 4) is 0 Å². The average molecular weight is 223 g/mol. The molecular formula is C4H6ClNa3O4. The first-order valence-electron chi connectivity index (χ1n) is 1.82. The first-order valence-corrected chi connectivity index (χ1v) is 1.82. The molecule has 4 nitrogen and oxygen atoms in total. The van der Waals surface area contributed by atoms with Gasteiger partial charge in [-0.05, 0) is 13.8 Å². The molecule has 0 aliphatic heterocycles. The van der Waals surface area contributed by atoms with Crippen molar-refractivity contribution in [2.24, 2.45) is 0 Å². The zero-order chi connectivity index (χ0) is 7.15. The number of carboxylic acids is 2. The van der Waals surface area contributed by atoms with E-state index in [-0.39, 0.29) is 101 Å². The summed E-state index contributed by atoms with van der Waals surface area (Å²) in [7, 11) is 0. The van der Waals surface area contributed by atoms with E-state index in [4.69, 9.17) is 19.8 Å². The molecule has 0 radical (unpaired) electrons. The van der Waals surface area contributed by atoms with Gasteiger partial charge >= 0.3 is 88.7 Å². The van der Waals surface area contributed by atoms with Crippen molar-refractivity contribution in [2.75, 3.05) is 0 Å². The molecule has 8 heteroatoms. The van der Waals surface area contributed by atoms with E-state index in [2.05, 4.69) is 0 Å². The number of halogens is 1. The molecule has 0 unspecified atom stereocenters. The smallest absolute Gasteiger partial charge is 1.00 e. The summed E-state index contributed by atoms with van der Waals surface area (Å²) in [5.41, 5.74) is 0. The van der Waals surface area contributed by atoms with E-state index >= 15 is 0 Å². The average Bonchev–Trinajstić information content (AvgIpc) is 1.25. The molecule has 0 amide bonds. The Labute approximate surface area is 144 Å². The minimum atomic E-state index is -1.08. The van der Waals surface area contributed by atoms with E-state index in [1.807, 2.05) is 0 Å². The molecule has 0 aromatic rings. The maximum absolute atomic E-state index is 8.89. The second-order valence-corrected chi connectivity index (χ2v) is 0.983. The van der Waals surface area contributed by atoms with Gasteiger partial charge in [0.05, 0.1) is 0 Å². The number of carbonyl (C=O) groups excluding carboxylic acids is 2. The first kappa shape index (κ1) is 36.8. The van der Waals surface area contributed by atoms with Gasteiger partial charge in [0, 0.05) is 11.9 Å². The van der Waals surface area contributed by atoms with Gasteiger partial charge in [0.2, 0.25) is 0 Å². The Kier molecular flexibility index (Phi) is 89.5. The Balaban J connectivity index is -0.0000000112. The number of aliphatic carboxylic acids is 2. The van der Waals surface area contributed by atoms with E-state index in [1.54, 1.807) is 0 Å². The fraction of sp³-hybridized carbons (Fsp3) is 0.500. The first-order chi connectivity index (χ1) is 3.46. The summed E-state index contributed by atoms with van der Waals surface area (Å²) in [5, 5.41) is 17.8. The number of hydrogen-bond acceptors (Lipinski definition) is 4. The molecule has 56 valence electrons. The van der Waals surface area contributed by atoms with Gasteiger partial charge in [0.15, 0.2) is 0 Å². The van der Waals surface area contributed by atoms with Gasteiger partial charge in [-0.3, -0.25) is 0 Å². The van der Waals surface area contributed by atoms with Gasteiger partial charge in [-0.1, -0.05) is 0 Å². The van der Waals surface area contributed by atoms with Crippen LogP contribution in [0.15, 0.2) is 0 Å². The van der Waals surface area contributed by atoms with Crippen LogP contribution < -0.4 is 111 Å². The molecule has 0 aromatic carbocycles.